The van der Waals surface area contributed by atoms with Gasteiger partial charge in [-0.3, -0.25) is 4.79 Å². The van der Waals surface area contributed by atoms with Crippen LogP contribution in [0.1, 0.15) is 12.0 Å². The second kappa shape index (κ2) is 10.8. The fourth-order valence-electron chi connectivity index (χ4n) is 3.85. The first-order valence-corrected chi connectivity index (χ1v) is 12.5. The summed E-state index contributed by atoms with van der Waals surface area (Å²) in [5.41, 5.74) is 1.16. The summed E-state index contributed by atoms with van der Waals surface area (Å²) in [5, 5.41) is 5.22. The molecule has 0 unspecified atom stereocenters. The van der Waals surface area contributed by atoms with Crippen LogP contribution in [0, 0.1) is 0 Å². The number of carbonyl (C=O) groups excluding carboxylic acids is 1. The molecule has 0 bridgehead atoms. The normalized spacial score (nSPS) is 14.8. The highest BCUT2D eigenvalue weighted by molar-refractivity contribution is 7.89. The molecule has 33 heavy (non-hydrogen) atoms. The largest absolute Gasteiger partial charge is 0.492 e. The molecule has 1 aliphatic rings. The predicted octanol–water partition coefficient (Wildman–Crippen LogP) is 2.99. The number of carbonyl (C=O) groups is 1. The Bertz CT molecular complexity index is 1180. The molecule has 0 aromatic heterocycles. The average Bonchev–Trinajstić information content (AvgIpc) is 2.86. The van der Waals surface area contributed by atoms with Crippen LogP contribution >= 0.6 is 0 Å². The van der Waals surface area contributed by atoms with Gasteiger partial charge in [-0.05, 0) is 47.0 Å². The molecule has 3 aromatic carbocycles. The topological polar surface area (TPSA) is 84.9 Å². The van der Waals surface area contributed by atoms with Gasteiger partial charge in [0.2, 0.25) is 15.9 Å². The molecule has 4 rings (SSSR count). The maximum atomic E-state index is 12.7. The first-order valence-electron chi connectivity index (χ1n) is 11.1. The SMILES string of the molecule is O=C(CCc1cccc2ccccc12)NCCOc1ccc(S(=O)(=O)N2CCOCC2)cc1. The zero-order chi connectivity index (χ0) is 23.1. The second-order valence-electron chi connectivity index (χ2n) is 7.82. The molecule has 0 atom stereocenters. The van der Waals surface area contributed by atoms with Crippen LogP contribution in [0.15, 0.2) is 71.6 Å². The third-order valence-electron chi connectivity index (χ3n) is 5.63. The number of ether oxygens (including phenoxy) is 2. The zero-order valence-corrected chi connectivity index (χ0v) is 19.2. The molecule has 7 nitrogen and oxygen atoms in total. The van der Waals surface area contributed by atoms with Gasteiger partial charge in [-0.2, -0.15) is 4.31 Å². The van der Waals surface area contributed by atoms with E-state index in [9.17, 15) is 13.2 Å². The van der Waals surface area contributed by atoms with E-state index in [-0.39, 0.29) is 10.8 Å². The van der Waals surface area contributed by atoms with Crippen molar-refractivity contribution in [3.63, 3.8) is 0 Å². The number of hydrogen-bond donors (Lipinski definition) is 1. The van der Waals surface area contributed by atoms with Gasteiger partial charge in [-0.15, -0.1) is 0 Å². The number of nitrogens with one attached hydrogen (secondary N) is 1. The number of sulfonamides is 1. The summed E-state index contributed by atoms with van der Waals surface area (Å²) >= 11 is 0. The van der Waals surface area contributed by atoms with Crippen molar-refractivity contribution in [3.8, 4) is 5.75 Å². The van der Waals surface area contributed by atoms with E-state index >= 15 is 0 Å². The lowest BCUT2D eigenvalue weighted by molar-refractivity contribution is -0.121. The molecule has 1 saturated heterocycles. The van der Waals surface area contributed by atoms with Gasteiger partial charge in [-0.25, -0.2) is 8.42 Å². The van der Waals surface area contributed by atoms with Crippen molar-refractivity contribution in [1.29, 1.82) is 0 Å². The Kier molecular flexibility index (Phi) is 7.59. The summed E-state index contributed by atoms with van der Waals surface area (Å²) in [6.07, 6.45) is 1.08. The molecule has 0 saturated carbocycles. The first kappa shape index (κ1) is 23.2. The van der Waals surface area contributed by atoms with Gasteiger partial charge in [0.1, 0.15) is 12.4 Å². The standard InChI is InChI=1S/C25H28N2O5S/c28-25(13-8-21-6-3-5-20-4-1-2-7-24(20)21)26-14-17-32-22-9-11-23(12-10-22)33(29,30)27-15-18-31-19-16-27/h1-7,9-12H,8,13-19H2,(H,26,28). The monoisotopic (exact) mass is 468 g/mol. The highest BCUT2D eigenvalue weighted by Gasteiger charge is 2.26. The molecule has 1 amide bonds. The molecular weight excluding hydrogens is 440 g/mol. The van der Waals surface area contributed by atoms with Crippen LogP contribution < -0.4 is 10.1 Å². The fraction of sp³-hybridized carbons (Fsp3) is 0.320. The van der Waals surface area contributed by atoms with Crippen molar-refractivity contribution >= 4 is 26.7 Å². The molecule has 0 radical (unpaired) electrons. The quantitative estimate of drug-likeness (QED) is 0.488. The Hall–Kier alpha value is -2.94. The zero-order valence-electron chi connectivity index (χ0n) is 18.4. The van der Waals surface area contributed by atoms with Crippen LogP contribution in [-0.4, -0.2) is 58.1 Å². The summed E-state index contributed by atoms with van der Waals surface area (Å²) in [6, 6.07) is 20.7. The third-order valence-corrected chi connectivity index (χ3v) is 7.54. The lowest BCUT2D eigenvalue weighted by atomic mass is 10.0. The Morgan fingerprint density at radius 2 is 1.70 bits per heavy atom. The predicted molar refractivity (Wildman–Crippen MR) is 127 cm³/mol. The van der Waals surface area contributed by atoms with Crippen molar-refractivity contribution < 1.29 is 22.7 Å². The number of hydrogen-bond acceptors (Lipinski definition) is 5. The van der Waals surface area contributed by atoms with Gasteiger partial charge in [-0.1, -0.05) is 42.5 Å². The van der Waals surface area contributed by atoms with Crippen molar-refractivity contribution in [2.75, 3.05) is 39.5 Å². The molecule has 3 aromatic rings. The second-order valence-corrected chi connectivity index (χ2v) is 9.76. The number of amides is 1. The minimum Gasteiger partial charge on any atom is -0.492 e. The van der Waals surface area contributed by atoms with E-state index in [1.807, 2.05) is 18.2 Å². The maximum Gasteiger partial charge on any atom is 0.243 e. The minimum atomic E-state index is -3.52. The van der Waals surface area contributed by atoms with Gasteiger partial charge >= 0.3 is 0 Å². The number of morpholine rings is 1. The maximum absolute atomic E-state index is 12.7. The van der Waals surface area contributed by atoms with Crippen LogP contribution in [0.2, 0.25) is 0 Å². The van der Waals surface area contributed by atoms with E-state index in [0.29, 0.717) is 58.0 Å². The van der Waals surface area contributed by atoms with Crippen LogP contribution in [0.4, 0.5) is 0 Å². The molecule has 0 spiro atoms. The average molecular weight is 469 g/mol. The van der Waals surface area contributed by atoms with Crippen molar-refractivity contribution in [2.45, 2.75) is 17.7 Å². The summed E-state index contributed by atoms with van der Waals surface area (Å²) in [7, 11) is -3.52. The third kappa shape index (κ3) is 5.90. The van der Waals surface area contributed by atoms with Crippen molar-refractivity contribution in [1.82, 2.24) is 9.62 Å². The van der Waals surface area contributed by atoms with E-state index < -0.39 is 10.0 Å². The van der Waals surface area contributed by atoms with Crippen molar-refractivity contribution in [2.24, 2.45) is 0 Å². The van der Waals surface area contributed by atoms with Gasteiger partial charge in [0.05, 0.1) is 24.7 Å². The molecular formula is C25H28N2O5S. The van der Waals surface area contributed by atoms with Gasteiger partial charge < -0.3 is 14.8 Å². The number of nitrogens with zero attached hydrogens (tertiary/aromatic N) is 1. The van der Waals surface area contributed by atoms with E-state index in [0.717, 1.165) is 5.56 Å². The Morgan fingerprint density at radius 3 is 2.48 bits per heavy atom. The first-order chi connectivity index (χ1) is 16.0. The van der Waals surface area contributed by atoms with E-state index in [1.54, 1.807) is 24.3 Å². The van der Waals surface area contributed by atoms with Gasteiger partial charge in [0.25, 0.3) is 0 Å². The molecule has 1 N–H and O–H groups in total. The molecule has 0 aliphatic carbocycles. The summed E-state index contributed by atoms with van der Waals surface area (Å²) in [5.74, 6) is 0.527. The van der Waals surface area contributed by atoms with E-state index in [2.05, 4.69) is 29.6 Å². The van der Waals surface area contributed by atoms with Gasteiger partial charge in [0, 0.05) is 19.5 Å². The smallest absolute Gasteiger partial charge is 0.243 e. The fourth-order valence-corrected chi connectivity index (χ4v) is 5.26. The Balaban J connectivity index is 1.21. The number of fused-ring (bicyclic) bond motifs is 1. The lowest BCUT2D eigenvalue weighted by Gasteiger charge is -2.26. The number of aryl methyl sites for hydroxylation is 1. The summed E-state index contributed by atoms with van der Waals surface area (Å²) < 4.78 is 37.6. The van der Waals surface area contributed by atoms with E-state index in [1.165, 1.54) is 15.1 Å². The summed E-state index contributed by atoms with van der Waals surface area (Å²) in [4.78, 5) is 12.5. The van der Waals surface area contributed by atoms with Crippen molar-refractivity contribution in [3.05, 3.63) is 72.3 Å². The molecule has 1 aliphatic heterocycles. The van der Waals surface area contributed by atoms with Crippen LogP contribution in [0.5, 0.6) is 5.75 Å². The highest BCUT2D eigenvalue weighted by Crippen LogP contribution is 2.21. The molecule has 8 heteroatoms. The molecule has 1 heterocycles. The highest BCUT2D eigenvalue weighted by atomic mass is 32.2. The van der Waals surface area contributed by atoms with Crippen LogP contribution in [0.3, 0.4) is 0 Å². The Morgan fingerprint density at radius 1 is 0.970 bits per heavy atom. The van der Waals surface area contributed by atoms with Crippen LogP contribution in [-0.2, 0) is 26.0 Å². The van der Waals surface area contributed by atoms with E-state index in [4.69, 9.17) is 9.47 Å². The minimum absolute atomic E-state index is 0.0292. The number of benzene rings is 3. The Labute approximate surface area is 194 Å². The van der Waals surface area contributed by atoms with Gasteiger partial charge in [0.15, 0.2) is 0 Å². The van der Waals surface area contributed by atoms with Crippen LogP contribution in [0.25, 0.3) is 10.8 Å². The summed E-state index contributed by atoms with van der Waals surface area (Å²) in [6.45, 7) is 2.22. The molecule has 174 valence electrons. The number of rotatable bonds is 9. The molecule has 1 fully saturated rings. The lowest BCUT2D eigenvalue weighted by Crippen LogP contribution is -2.40.